The first-order valence-corrected chi connectivity index (χ1v) is 6.32. The van der Waals surface area contributed by atoms with Gasteiger partial charge in [-0.15, -0.1) is 0 Å². The van der Waals surface area contributed by atoms with Crippen molar-refractivity contribution in [3.63, 3.8) is 0 Å². The summed E-state index contributed by atoms with van der Waals surface area (Å²) in [5.41, 5.74) is 0.569. The van der Waals surface area contributed by atoms with Gasteiger partial charge in [-0.25, -0.2) is 8.78 Å². The second kappa shape index (κ2) is 4.41. The Kier molecular flexibility index (Phi) is 2.85. The Hall–Kier alpha value is -1.76. The predicted octanol–water partition coefficient (Wildman–Crippen LogP) is 2.26. The van der Waals surface area contributed by atoms with E-state index >= 15 is 0 Å². The number of hydrogen-bond acceptors (Lipinski definition) is 2. The van der Waals surface area contributed by atoms with Gasteiger partial charge in [0.15, 0.2) is 10.6 Å². The van der Waals surface area contributed by atoms with Crippen LogP contribution >= 0.6 is 12.2 Å². The lowest BCUT2D eigenvalue weighted by Gasteiger charge is -2.11. The fourth-order valence-corrected chi connectivity index (χ4v) is 2.67. The zero-order valence-electron chi connectivity index (χ0n) is 9.87. The molecule has 1 aromatic heterocycles. The predicted molar refractivity (Wildman–Crippen MR) is 68.2 cm³/mol. The summed E-state index contributed by atoms with van der Waals surface area (Å²) in [6, 6.07) is 2.00. The van der Waals surface area contributed by atoms with Crippen molar-refractivity contribution in [1.82, 2.24) is 14.9 Å². The highest BCUT2D eigenvalue weighted by Gasteiger charge is 2.22. The average molecular weight is 283 g/mol. The third-order valence-corrected chi connectivity index (χ3v) is 3.61. The van der Waals surface area contributed by atoms with Crippen LogP contribution in [0.25, 0.3) is 11.0 Å². The molecule has 2 N–H and O–H groups in total. The molecular weight excluding hydrogens is 272 g/mol. The Labute approximate surface area is 112 Å². The summed E-state index contributed by atoms with van der Waals surface area (Å²) in [5, 5.41) is 2.81. The molecule has 7 heteroatoms. The molecule has 3 rings (SSSR count). The minimum Gasteiger partial charge on any atom is -0.352 e. The number of imidazole rings is 1. The van der Waals surface area contributed by atoms with Gasteiger partial charge in [0, 0.05) is 25.1 Å². The van der Waals surface area contributed by atoms with E-state index in [4.69, 9.17) is 12.2 Å². The standard InChI is InChI=1S/C12H11F2N3OS/c13-6-3-8(14)11-9(4-6)17(12(19)16-11)5-7-1-2-10(18)15-7/h3-4,7H,1-2,5H2,(H,15,18)(H,16,19). The number of hydrogen-bond donors (Lipinski definition) is 2. The molecule has 1 aliphatic rings. The van der Waals surface area contributed by atoms with Crippen molar-refractivity contribution in [3.05, 3.63) is 28.5 Å². The van der Waals surface area contributed by atoms with Crippen LogP contribution in [0.1, 0.15) is 12.8 Å². The van der Waals surface area contributed by atoms with Crippen LogP contribution in [0.5, 0.6) is 0 Å². The monoisotopic (exact) mass is 283 g/mol. The van der Waals surface area contributed by atoms with E-state index in [1.807, 2.05) is 0 Å². The number of benzene rings is 1. The first-order chi connectivity index (χ1) is 9.04. The second-order valence-electron chi connectivity index (χ2n) is 4.63. The molecule has 2 heterocycles. The van der Waals surface area contributed by atoms with Crippen molar-refractivity contribution in [2.24, 2.45) is 0 Å². The highest BCUT2D eigenvalue weighted by Crippen LogP contribution is 2.21. The van der Waals surface area contributed by atoms with Gasteiger partial charge in [0.25, 0.3) is 0 Å². The van der Waals surface area contributed by atoms with Crippen LogP contribution in [0.15, 0.2) is 12.1 Å². The third kappa shape index (κ3) is 2.14. The molecule has 1 aliphatic heterocycles. The molecular formula is C12H11F2N3OS. The molecule has 1 unspecified atom stereocenters. The van der Waals surface area contributed by atoms with E-state index in [1.54, 1.807) is 4.57 Å². The zero-order valence-corrected chi connectivity index (χ0v) is 10.7. The number of aromatic nitrogens is 2. The number of carbonyl (C=O) groups is 1. The average Bonchev–Trinajstić information content (AvgIpc) is 2.87. The van der Waals surface area contributed by atoms with Gasteiger partial charge in [-0.2, -0.15) is 0 Å². The van der Waals surface area contributed by atoms with Crippen molar-refractivity contribution in [2.45, 2.75) is 25.4 Å². The molecule has 0 spiro atoms. The van der Waals surface area contributed by atoms with Crippen LogP contribution in [0.4, 0.5) is 8.78 Å². The SMILES string of the molecule is O=C1CCC(Cn2c(=S)[nH]c3c(F)cc(F)cc32)N1. The summed E-state index contributed by atoms with van der Waals surface area (Å²) < 4.78 is 28.8. The van der Waals surface area contributed by atoms with Crippen LogP contribution in [-0.4, -0.2) is 21.5 Å². The quantitative estimate of drug-likeness (QED) is 0.831. The van der Waals surface area contributed by atoms with Crippen molar-refractivity contribution in [2.75, 3.05) is 0 Å². The highest BCUT2D eigenvalue weighted by atomic mass is 32.1. The van der Waals surface area contributed by atoms with E-state index in [0.717, 1.165) is 6.07 Å². The molecule has 0 bridgehead atoms. The molecule has 1 amide bonds. The van der Waals surface area contributed by atoms with Gasteiger partial charge >= 0.3 is 0 Å². The maximum Gasteiger partial charge on any atom is 0.220 e. The molecule has 0 radical (unpaired) electrons. The van der Waals surface area contributed by atoms with Gasteiger partial charge < -0.3 is 14.9 Å². The molecule has 1 aromatic carbocycles. The van der Waals surface area contributed by atoms with Gasteiger partial charge in [0.1, 0.15) is 11.3 Å². The number of fused-ring (bicyclic) bond motifs is 1. The number of rotatable bonds is 2. The summed E-state index contributed by atoms with van der Waals surface area (Å²) in [6.07, 6.45) is 1.17. The van der Waals surface area contributed by atoms with Gasteiger partial charge in [-0.3, -0.25) is 4.79 Å². The van der Waals surface area contributed by atoms with E-state index in [-0.39, 0.29) is 17.5 Å². The minimum atomic E-state index is -0.671. The van der Waals surface area contributed by atoms with E-state index < -0.39 is 11.6 Å². The molecule has 2 aromatic rings. The Morgan fingerprint density at radius 2 is 2.21 bits per heavy atom. The molecule has 100 valence electrons. The molecule has 0 saturated carbocycles. The maximum atomic E-state index is 13.6. The number of H-pyrrole nitrogens is 1. The van der Waals surface area contributed by atoms with Crippen LogP contribution < -0.4 is 5.32 Å². The number of nitrogens with one attached hydrogen (secondary N) is 2. The first kappa shape index (κ1) is 12.3. The lowest BCUT2D eigenvalue weighted by molar-refractivity contribution is -0.119. The summed E-state index contributed by atoms with van der Waals surface area (Å²) >= 11 is 5.13. The summed E-state index contributed by atoms with van der Waals surface area (Å²) in [4.78, 5) is 13.9. The second-order valence-corrected chi connectivity index (χ2v) is 5.01. The van der Waals surface area contributed by atoms with Gasteiger partial charge in [0.2, 0.25) is 5.91 Å². The molecule has 1 atom stereocenters. The van der Waals surface area contributed by atoms with Crippen LogP contribution in [0, 0.1) is 16.4 Å². The number of carbonyl (C=O) groups excluding carboxylic acids is 1. The van der Waals surface area contributed by atoms with Gasteiger partial charge in [0.05, 0.1) is 5.52 Å². The fourth-order valence-electron chi connectivity index (χ4n) is 2.40. The van der Waals surface area contributed by atoms with Crippen molar-refractivity contribution in [1.29, 1.82) is 0 Å². The Balaban J connectivity index is 2.05. The molecule has 1 fully saturated rings. The Bertz CT molecular complexity index is 722. The van der Waals surface area contributed by atoms with E-state index in [1.165, 1.54) is 6.07 Å². The highest BCUT2D eigenvalue weighted by molar-refractivity contribution is 7.71. The zero-order chi connectivity index (χ0) is 13.6. The van der Waals surface area contributed by atoms with E-state index in [9.17, 15) is 13.6 Å². The summed E-state index contributed by atoms with van der Waals surface area (Å²) in [6.45, 7) is 0.410. The minimum absolute atomic E-state index is 0.00581. The Morgan fingerprint density at radius 1 is 1.42 bits per heavy atom. The van der Waals surface area contributed by atoms with E-state index in [2.05, 4.69) is 10.3 Å². The maximum absolute atomic E-state index is 13.6. The van der Waals surface area contributed by atoms with Crippen LogP contribution in [0.2, 0.25) is 0 Å². The van der Waals surface area contributed by atoms with E-state index in [0.29, 0.717) is 29.7 Å². The number of nitrogens with zero attached hydrogens (tertiary/aromatic N) is 1. The van der Waals surface area contributed by atoms with Crippen LogP contribution in [-0.2, 0) is 11.3 Å². The number of halogens is 2. The van der Waals surface area contributed by atoms with Gasteiger partial charge in [-0.1, -0.05) is 0 Å². The lowest BCUT2D eigenvalue weighted by atomic mass is 10.2. The first-order valence-electron chi connectivity index (χ1n) is 5.91. The molecule has 1 saturated heterocycles. The molecule has 19 heavy (non-hydrogen) atoms. The summed E-state index contributed by atoms with van der Waals surface area (Å²) in [5.74, 6) is -1.33. The van der Waals surface area contributed by atoms with Crippen molar-refractivity contribution in [3.8, 4) is 0 Å². The van der Waals surface area contributed by atoms with Crippen LogP contribution in [0.3, 0.4) is 0 Å². The summed E-state index contributed by atoms with van der Waals surface area (Å²) in [7, 11) is 0. The Morgan fingerprint density at radius 3 is 2.89 bits per heavy atom. The topological polar surface area (TPSA) is 49.8 Å². The molecule has 4 nitrogen and oxygen atoms in total. The normalized spacial score (nSPS) is 19.1. The lowest BCUT2D eigenvalue weighted by Crippen LogP contribution is -2.29. The number of aromatic amines is 1. The number of amides is 1. The van der Waals surface area contributed by atoms with Gasteiger partial charge in [-0.05, 0) is 24.7 Å². The third-order valence-electron chi connectivity index (χ3n) is 3.29. The smallest absolute Gasteiger partial charge is 0.220 e. The van der Waals surface area contributed by atoms with Crippen molar-refractivity contribution >= 4 is 29.2 Å². The van der Waals surface area contributed by atoms with Crippen molar-refractivity contribution < 1.29 is 13.6 Å². The largest absolute Gasteiger partial charge is 0.352 e. The fraction of sp³-hybridized carbons (Fsp3) is 0.333. The molecule has 0 aliphatic carbocycles.